The van der Waals surface area contributed by atoms with Crippen LogP contribution in [0.3, 0.4) is 0 Å². The number of carbonyl (C=O) groups is 2. The quantitative estimate of drug-likeness (QED) is 0.797. The lowest BCUT2D eigenvalue weighted by Gasteiger charge is -2.04. The predicted molar refractivity (Wildman–Crippen MR) is 71.7 cm³/mol. The number of aryl methyl sites for hydroxylation is 2. The normalized spacial score (nSPS) is 10.4. The zero-order chi connectivity index (χ0) is 14.0. The first-order valence-electron chi connectivity index (χ1n) is 5.60. The van der Waals surface area contributed by atoms with Crippen molar-refractivity contribution >= 4 is 28.2 Å². The topological polar surface area (TPSA) is 95.1 Å². The maximum absolute atomic E-state index is 11.9. The number of aromatic amines is 1. The number of rotatable bonds is 4. The number of hydrogen-bond acceptors (Lipinski definition) is 4. The third-order valence-electron chi connectivity index (χ3n) is 2.77. The van der Waals surface area contributed by atoms with Crippen LogP contribution in [0.2, 0.25) is 0 Å². The molecular weight excluding hydrogens is 266 g/mol. The fraction of sp³-hybridized carbons (Fsp3) is 0.250. The fourth-order valence-electron chi connectivity index (χ4n) is 1.74. The molecule has 0 radical (unpaired) electrons. The van der Waals surface area contributed by atoms with Gasteiger partial charge in [0.15, 0.2) is 0 Å². The molecule has 0 saturated heterocycles. The van der Waals surface area contributed by atoms with Gasteiger partial charge in [0.25, 0.3) is 0 Å². The van der Waals surface area contributed by atoms with Crippen molar-refractivity contribution in [1.29, 1.82) is 0 Å². The minimum absolute atomic E-state index is 0.110. The number of thiophene rings is 1. The monoisotopic (exact) mass is 279 g/mol. The van der Waals surface area contributed by atoms with Gasteiger partial charge < -0.3 is 10.4 Å². The highest BCUT2D eigenvalue weighted by atomic mass is 32.1. The summed E-state index contributed by atoms with van der Waals surface area (Å²) >= 11 is 1.19. The molecule has 0 atom stereocenters. The van der Waals surface area contributed by atoms with E-state index in [1.165, 1.54) is 17.4 Å². The number of aromatic nitrogens is 2. The van der Waals surface area contributed by atoms with E-state index in [-0.39, 0.29) is 17.9 Å². The molecule has 2 aromatic rings. The van der Waals surface area contributed by atoms with E-state index in [9.17, 15) is 9.59 Å². The number of amides is 1. The molecule has 2 aromatic heterocycles. The fourth-order valence-corrected chi connectivity index (χ4v) is 2.54. The number of carbonyl (C=O) groups excluding carboxylic acids is 1. The van der Waals surface area contributed by atoms with Gasteiger partial charge in [-0.1, -0.05) is 0 Å². The molecule has 7 heteroatoms. The molecule has 6 nitrogen and oxygen atoms in total. The molecule has 2 rings (SSSR count). The van der Waals surface area contributed by atoms with E-state index in [0.29, 0.717) is 5.00 Å². The van der Waals surface area contributed by atoms with E-state index >= 15 is 0 Å². The van der Waals surface area contributed by atoms with Crippen LogP contribution in [0.4, 0.5) is 5.00 Å². The number of carboxylic acids is 1. The summed E-state index contributed by atoms with van der Waals surface area (Å²) in [5, 5.41) is 20.4. The number of H-pyrrole nitrogens is 1. The highest BCUT2D eigenvalue weighted by molar-refractivity contribution is 7.14. The average Bonchev–Trinajstić information content (AvgIpc) is 2.91. The van der Waals surface area contributed by atoms with Crippen LogP contribution in [0.25, 0.3) is 0 Å². The molecule has 0 aliphatic rings. The third-order valence-corrected chi connectivity index (χ3v) is 3.60. The zero-order valence-electron chi connectivity index (χ0n) is 10.5. The van der Waals surface area contributed by atoms with Gasteiger partial charge in [0.2, 0.25) is 5.91 Å². The highest BCUT2D eigenvalue weighted by Crippen LogP contribution is 2.23. The van der Waals surface area contributed by atoms with Crippen LogP contribution in [0.5, 0.6) is 0 Å². The molecule has 19 heavy (non-hydrogen) atoms. The van der Waals surface area contributed by atoms with E-state index < -0.39 is 5.97 Å². The molecule has 0 aliphatic carbocycles. The molecule has 0 spiro atoms. The average molecular weight is 279 g/mol. The van der Waals surface area contributed by atoms with Gasteiger partial charge in [-0.25, -0.2) is 4.79 Å². The predicted octanol–water partition coefficient (Wildman–Crippen LogP) is 1.97. The third kappa shape index (κ3) is 2.82. The van der Waals surface area contributed by atoms with Crippen LogP contribution >= 0.6 is 11.3 Å². The molecule has 0 bridgehead atoms. The number of nitrogens with one attached hydrogen (secondary N) is 2. The lowest BCUT2D eigenvalue weighted by molar-refractivity contribution is -0.115. The summed E-state index contributed by atoms with van der Waals surface area (Å²) in [5.41, 5.74) is 2.57. The zero-order valence-corrected chi connectivity index (χ0v) is 11.3. The van der Waals surface area contributed by atoms with Crippen LogP contribution in [0.1, 0.15) is 27.3 Å². The lowest BCUT2D eigenvalue weighted by atomic mass is 10.1. The van der Waals surface area contributed by atoms with Crippen LogP contribution in [-0.2, 0) is 11.2 Å². The SMILES string of the molecule is Cc1n[nH]c(C)c1CC(=O)Nc1sccc1C(=O)O. The van der Waals surface area contributed by atoms with Gasteiger partial charge in [0.1, 0.15) is 5.00 Å². The van der Waals surface area contributed by atoms with Crippen molar-refractivity contribution in [3.8, 4) is 0 Å². The number of nitrogens with zero attached hydrogens (tertiary/aromatic N) is 1. The van der Waals surface area contributed by atoms with Crippen molar-refractivity contribution in [1.82, 2.24) is 10.2 Å². The number of hydrogen-bond donors (Lipinski definition) is 3. The summed E-state index contributed by atoms with van der Waals surface area (Å²) in [7, 11) is 0. The van der Waals surface area contributed by atoms with Crippen molar-refractivity contribution in [2.75, 3.05) is 5.32 Å². The van der Waals surface area contributed by atoms with Crippen LogP contribution < -0.4 is 5.32 Å². The van der Waals surface area contributed by atoms with Gasteiger partial charge >= 0.3 is 5.97 Å². The molecule has 0 saturated carbocycles. The molecular formula is C12H13N3O3S. The van der Waals surface area contributed by atoms with E-state index in [1.54, 1.807) is 5.38 Å². The van der Waals surface area contributed by atoms with Crippen LogP contribution in [0, 0.1) is 13.8 Å². The lowest BCUT2D eigenvalue weighted by Crippen LogP contribution is -2.16. The van der Waals surface area contributed by atoms with Gasteiger partial charge in [-0.15, -0.1) is 11.3 Å². The Morgan fingerprint density at radius 2 is 2.21 bits per heavy atom. The summed E-state index contributed by atoms with van der Waals surface area (Å²) in [6.07, 6.45) is 0.172. The Morgan fingerprint density at radius 1 is 1.47 bits per heavy atom. The van der Waals surface area contributed by atoms with E-state index in [1.807, 2.05) is 13.8 Å². The van der Waals surface area contributed by atoms with Crippen molar-refractivity contribution in [3.05, 3.63) is 34.0 Å². The summed E-state index contributed by atoms with van der Waals surface area (Å²) in [4.78, 5) is 22.8. The largest absolute Gasteiger partial charge is 0.478 e. The molecule has 0 fully saturated rings. The Balaban J connectivity index is 2.10. The molecule has 0 aliphatic heterocycles. The van der Waals surface area contributed by atoms with Crippen molar-refractivity contribution in [2.24, 2.45) is 0 Å². The highest BCUT2D eigenvalue weighted by Gasteiger charge is 2.16. The minimum atomic E-state index is -1.05. The number of anilines is 1. The molecule has 100 valence electrons. The first-order chi connectivity index (χ1) is 8.99. The first kappa shape index (κ1) is 13.3. The van der Waals surface area contributed by atoms with Crippen molar-refractivity contribution in [3.63, 3.8) is 0 Å². The molecule has 1 amide bonds. The Morgan fingerprint density at radius 3 is 2.79 bits per heavy atom. The minimum Gasteiger partial charge on any atom is -0.478 e. The Hall–Kier alpha value is -2.15. The molecule has 0 aromatic carbocycles. The smallest absolute Gasteiger partial charge is 0.338 e. The second-order valence-corrected chi connectivity index (χ2v) is 5.02. The molecule has 3 N–H and O–H groups in total. The summed E-state index contributed by atoms with van der Waals surface area (Å²) in [6, 6.07) is 1.47. The second-order valence-electron chi connectivity index (χ2n) is 4.11. The maximum Gasteiger partial charge on any atom is 0.338 e. The van der Waals surface area contributed by atoms with Gasteiger partial charge in [0.05, 0.1) is 17.7 Å². The number of aromatic carboxylic acids is 1. The van der Waals surface area contributed by atoms with Gasteiger partial charge in [-0.05, 0) is 25.3 Å². The van der Waals surface area contributed by atoms with E-state index in [0.717, 1.165) is 17.0 Å². The van der Waals surface area contributed by atoms with Gasteiger partial charge in [-0.3, -0.25) is 9.89 Å². The Bertz CT molecular complexity index is 610. The van der Waals surface area contributed by atoms with Crippen LogP contribution in [0.15, 0.2) is 11.4 Å². The van der Waals surface area contributed by atoms with Crippen molar-refractivity contribution < 1.29 is 14.7 Å². The molecule has 2 heterocycles. The van der Waals surface area contributed by atoms with E-state index in [4.69, 9.17) is 5.11 Å². The van der Waals surface area contributed by atoms with Gasteiger partial charge in [-0.2, -0.15) is 5.10 Å². The van der Waals surface area contributed by atoms with Crippen molar-refractivity contribution in [2.45, 2.75) is 20.3 Å². The Kier molecular flexibility index (Phi) is 3.66. The first-order valence-corrected chi connectivity index (χ1v) is 6.48. The van der Waals surface area contributed by atoms with E-state index in [2.05, 4.69) is 15.5 Å². The standard InChI is InChI=1S/C12H13N3O3S/c1-6-9(7(2)15-14-6)5-10(16)13-11-8(12(17)18)3-4-19-11/h3-4H,5H2,1-2H3,(H,13,16)(H,14,15)(H,17,18). The number of carboxylic acid groups (broad SMARTS) is 1. The maximum atomic E-state index is 11.9. The van der Waals surface area contributed by atoms with Gasteiger partial charge in [0, 0.05) is 11.3 Å². The Labute approximate surface area is 113 Å². The second kappa shape index (κ2) is 5.23. The summed E-state index contributed by atoms with van der Waals surface area (Å²) in [6.45, 7) is 3.66. The molecule has 0 unspecified atom stereocenters. The summed E-state index contributed by atoms with van der Waals surface area (Å²) < 4.78 is 0. The summed E-state index contributed by atoms with van der Waals surface area (Å²) in [5.74, 6) is -1.30. The van der Waals surface area contributed by atoms with Crippen LogP contribution in [-0.4, -0.2) is 27.2 Å².